The summed E-state index contributed by atoms with van der Waals surface area (Å²) in [4.78, 5) is 0. The van der Waals surface area contributed by atoms with Crippen molar-refractivity contribution in [3.05, 3.63) is 76.9 Å². The summed E-state index contributed by atoms with van der Waals surface area (Å²) in [6.07, 6.45) is 0.853. The van der Waals surface area contributed by atoms with E-state index in [0.717, 1.165) is 28.6 Å². The Morgan fingerprint density at radius 3 is 2.25 bits per heavy atom. The summed E-state index contributed by atoms with van der Waals surface area (Å²) >= 11 is 0. The summed E-state index contributed by atoms with van der Waals surface area (Å²) in [5, 5.41) is 0. The van der Waals surface area contributed by atoms with Crippen LogP contribution < -0.4 is 0 Å². The van der Waals surface area contributed by atoms with Crippen LogP contribution in [-0.2, 0) is 6.42 Å². The summed E-state index contributed by atoms with van der Waals surface area (Å²) in [5.41, 5.74) is 8.11. The standard InChI is InChI=1S/C19H20B/c1-13-9-10-17(11-14(13)2)12-15(3)18-7-5-6-8-19(18)16(4)20/h5-11H,3,12H2,1-2,4H3. The van der Waals surface area contributed by atoms with Gasteiger partial charge in [0.2, 0.25) is 0 Å². The Kier molecular flexibility index (Phi) is 4.39. The summed E-state index contributed by atoms with van der Waals surface area (Å²) in [7, 11) is 5.97. The second-order valence-electron chi connectivity index (χ2n) is 5.43. The molecule has 0 aliphatic carbocycles. The van der Waals surface area contributed by atoms with E-state index in [-0.39, 0.29) is 0 Å². The normalized spacial score (nSPS) is 10.3. The molecular formula is C19H20B. The van der Waals surface area contributed by atoms with Gasteiger partial charge in [-0.25, -0.2) is 0 Å². The molecule has 0 bridgehead atoms. The molecule has 0 nitrogen and oxygen atoms in total. The predicted octanol–water partition coefficient (Wildman–Crippen LogP) is 4.27. The average Bonchev–Trinajstić information content (AvgIpc) is 2.43. The molecule has 1 heteroatoms. The van der Waals surface area contributed by atoms with Crippen molar-refractivity contribution in [2.75, 3.05) is 0 Å². The molecule has 0 aliphatic rings. The van der Waals surface area contributed by atoms with Crippen LogP contribution in [0.15, 0.2) is 49.0 Å². The van der Waals surface area contributed by atoms with Gasteiger partial charge in [0.15, 0.2) is 0 Å². The summed E-state index contributed by atoms with van der Waals surface area (Å²) in [5.74, 6) is 0. The van der Waals surface area contributed by atoms with Crippen LogP contribution in [0.2, 0.25) is 0 Å². The number of benzene rings is 2. The van der Waals surface area contributed by atoms with Gasteiger partial charge in [-0.15, -0.1) is 0 Å². The van der Waals surface area contributed by atoms with Crippen molar-refractivity contribution in [3.8, 4) is 0 Å². The third-order valence-corrected chi connectivity index (χ3v) is 3.72. The third kappa shape index (κ3) is 3.16. The van der Waals surface area contributed by atoms with Crippen molar-refractivity contribution in [1.29, 1.82) is 0 Å². The third-order valence-electron chi connectivity index (χ3n) is 3.72. The molecule has 0 saturated heterocycles. The van der Waals surface area contributed by atoms with Crippen molar-refractivity contribution in [2.45, 2.75) is 27.2 Å². The Balaban J connectivity index is 2.28. The van der Waals surface area contributed by atoms with Crippen LogP contribution in [0.25, 0.3) is 5.57 Å². The Bertz CT molecular complexity index is 665. The molecule has 0 spiro atoms. The zero-order chi connectivity index (χ0) is 14.7. The van der Waals surface area contributed by atoms with E-state index in [0.29, 0.717) is 0 Å². The van der Waals surface area contributed by atoms with Gasteiger partial charge in [0.25, 0.3) is 0 Å². The molecule has 0 fully saturated rings. The van der Waals surface area contributed by atoms with Crippen LogP contribution in [0.3, 0.4) is 0 Å². The van der Waals surface area contributed by atoms with E-state index in [1.54, 1.807) is 0 Å². The Hall–Kier alpha value is -1.89. The molecule has 20 heavy (non-hydrogen) atoms. The Labute approximate surface area is 123 Å². The molecule has 2 aromatic rings. The van der Waals surface area contributed by atoms with E-state index in [1.807, 2.05) is 19.1 Å². The van der Waals surface area contributed by atoms with Crippen LogP contribution in [0.1, 0.15) is 34.7 Å². The zero-order valence-corrected chi connectivity index (χ0v) is 12.5. The fourth-order valence-electron chi connectivity index (χ4n) is 2.39. The van der Waals surface area contributed by atoms with Gasteiger partial charge < -0.3 is 0 Å². The Morgan fingerprint density at radius 1 is 1.00 bits per heavy atom. The van der Waals surface area contributed by atoms with Gasteiger partial charge in [-0.3, -0.25) is 0 Å². The second-order valence-corrected chi connectivity index (χ2v) is 5.43. The van der Waals surface area contributed by atoms with E-state index >= 15 is 0 Å². The molecule has 2 aromatic carbocycles. The molecular weight excluding hydrogens is 239 g/mol. The van der Waals surface area contributed by atoms with Crippen LogP contribution in [-0.4, -0.2) is 13.0 Å². The first kappa shape index (κ1) is 14.5. The average molecular weight is 259 g/mol. The molecule has 0 aliphatic heterocycles. The number of allylic oxidation sites excluding steroid dienone is 1. The number of hydrogen-bond acceptors (Lipinski definition) is 0. The SMILES string of the molecule is [B]=C(C)c1ccccc1C(=C)Cc1ccc(C)c(C)c1. The number of hydrogen-bond donors (Lipinski definition) is 0. The van der Waals surface area contributed by atoms with Gasteiger partial charge in [0.1, 0.15) is 0 Å². The molecule has 99 valence electrons. The number of rotatable bonds is 4. The summed E-state index contributed by atoms with van der Waals surface area (Å²) in [6, 6.07) is 14.8. The zero-order valence-electron chi connectivity index (χ0n) is 12.5. The van der Waals surface area contributed by atoms with E-state index in [2.05, 4.69) is 50.8 Å². The maximum absolute atomic E-state index is 5.97. The van der Waals surface area contributed by atoms with E-state index in [1.165, 1.54) is 16.7 Å². The van der Waals surface area contributed by atoms with E-state index in [4.69, 9.17) is 7.49 Å². The summed E-state index contributed by atoms with van der Waals surface area (Å²) < 4.78 is 0. The molecule has 0 atom stereocenters. The molecule has 0 unspecified atom stereocenters. The van der Waals surface area contributed by atoms with Crippen LogP contribution >= 0.6 is 0 Å². The fourth-order valence-corrected chi connectivity index (χ4v) is 2.39. The van der Waals surface area contributed by atoms with Gasteiger partial charge in [0.05, 0.1) is 0 Å². The van der Waals surface area contributed by atoms with Gasteiger partial charge >= 0.3 is 123 Å². The van der Waals surface area contributed by atoms with Crippen molar-refractivity contribution < 1.29 is 0 Å². The van der Waals surface area contributed by atoms with Crippen molar-refractivity contribution in [3.63, 3.8) is 0 Å². The first-order valence-corrected chi connectivity index (χ1v) is 6.91. The van der Waals surface area contributed by atoms with Gasteiger partial charge in [-0.05, 0) is 0 Å². The predicted molar refractivity (Wildman–Crippen MR) is 90.6 cm³/mol. The van der Waals surface area contributed by atoms with Gasteiger partial charge in [-0.2, -0.15) is 0 Å². The summed E-state index contributed by atoms with van der Waals surface area (Å²) in [6.45, 7) is 10.5. The maximum atomic E-state index is 5.97. The van der Waals surface area contributed by atoms with Crippen LogP contribution in [0.4, 0.5) is 0 Å². The quantitative estimate of drug-likeness (QED) is 0.719. The first-order valence-electron chi connectivity index (χ1n) is 6.91. The molecule has 2 rings (SSSR count). The monoisotopic (exact) mass is 259 g/mol. The van der Waals surface area contributed by atoms with Crippen molar-refractivity contribution in [2.24, 2.45) is 0 Å². The van der Waals surface area contributed by atoms with Gasteiger partial charge in [-0.1, -0.05) is 0 Å². The number of aryl methyl sites for hydroxylation is 2. The van der Waals surface area contributed by atoms with Crippen LogP contribution in [0.5, 0.6) is 0 Å². The minimum absolute atomic E-state index is 0.835. The van der Waals surface area contributed by atoms with E-state index in [9.17, 15) is 0 Å². The van der Waals surface area contributed by atoms with Gasteiger partial charge in [0, 0.05) is 0 Å². The second kappa shape index (κ2) is 6.05. The first-order chi connectivity index (χ1) is 9.49. The molecule has 0 aromatic heterocycles. The van der Waals surface area contributed by atoms with Crippen LogP contribution in [0, 0.1) is 13.8 Å². The van der Waals surface area contributed by atoms with E-state index < -0.39 is 0 Å². The topological polar surface area (TPSA) is 0 Å². The molecule has 0 amide bonds. The molecule has 0 N–H and O–H groups in total. The van der Waals surface area contributed by atoms with Crippen molar-refractivity contribution in [1.82, 2.24) is 0 Å². The molecule has 1 radical (unpaired) electrons. The fraction of sp³-hybridized carbons (Fsp3) is 0.211. The minimum atomic E-state index is 0.835. The Morgan fingerprint density at radius 2 is 1.65 bits per heavy atom. The molecule has 0 heterocycles. The molecule has 0 saturated carbocycles. The van der Waals surface area contributed by atoms with Crippen molar-refractivity contribution >= 4 is 18.5 Å².